The Kier molecular flexibility index (Phi) is 10.1. The van der Waals surface area contributed by atoms with Gasteiger partial charge in [0.25, 0.3) is 0 Å². The summed E-state index contributed by atoms with van der Waals surface area (Å²) in [5.74, 6) is 0. The Labute approximate surface area is 438 Å². The van der Waals surface area contributed by atoms with Crippen molar-refractivity contribution in [3.8, 4) is 50.2 Å². The van der Waals surface area contributed by atoms with Crippen molar-refractivity contribution in [3.05, 3.63) is 279 Å². The minimum atomic E-state index is 1.08. The van der Waals surface area contributed by atoms with Crippen LogP contribution < -0.4 is 4.90 Å². The highest BCUT2D eigenvalue weighted by Gasteiger charge is 2.21. The first-order valence-corrected chi connectivity index (χ1v) is 26.5. The summed E-state index contributed by atoms with van der Waals surface area (Å²) < 4.78 is 5.05. The molecular weight excluding hydrogens is 925 g/mol. The Bertz CT molecular complexity index is 4640. The van der Waals surface area contributed by atoms with Crippen molar-refractivity contribution in [1.29, 1.82) is 0 Å². The lowest BCUT2D eigenvalue weighted by Crippen LogP contribution is -2.11. The fourth-order valence-electron chi connectivity index (χ4n) is 11.8. The quantitative estimate of drug-likeness (QED) is 0.138. The van der Waals surface area contributed by atoms with Crippen molar-refractivity contribution in [3.63, 3.8) is 0 Å². The molecule has 0 aliphatic heterocycles. The minimum absolute atomic E-state index is 1.08. The summed E-state index contributed by atoms with van der Waals surface area (Å²) in [6.45, 7) is 0. The Hall–Kier alpha value is -9.54. The number of nitrogens with zero attached hydrogens (tertiary/aromatic N) is 2. The zero-order valence-electron chi connectivity index (χ0n) is 40.9. The van der Waals surface area contributed by atoms with Gasteiger partial charge in [-0.2, -0.15) is 0 Å². The Morgan fingerprint density at radius 1 is 0.267 bits per heavy atom. The third kappa shape index (κ3) is 7.23. The lowest BCUT2D eigenvalue weighted by atomic mass is 9.94. The van der Waals surface area contributed by atoms with Crippen molar-refractivity contribution in [2.75, 3.05) is 4.90 Å². The van der Waals surface area contributed by atoms with E-state index in [2.05, 4.69) is 289 Å². The van der Waals surface area contributed by atoms with E-state index in [9.17, 15) is 0 Å². The average Bonchev–Trinajstić information content (AvgIpc) is 4.07. The van der Waals surface area contributed by atoms with Crippen LogP contribution in [0.15, 0.2) is 279 Å². The van der Waals surface area contributed by atoms with Gasteiger partial charge in [0.05, 0.1) is 16.7 Å². The summed E-state index contributed by atoms with van der Waals surface area (Å²) in [5.41, 5.74) is 16.2. The maximum absolute atomic E-state index is 2.44. The fraction of sp³-hybridized carbons (Fsp3) is 0. The van der Waals surface area contributed by atoms with Crippen molar-refractivity contribution < 1.29 is 0 Å². The van der Waals surface area contributed by atoms with Crippen LogP contribution in [0.25, 0.3) is 124 Å². The molecule has 0 radical (unpaired) electrons. The lowest BCUT2D eigenvalue weighted by Gasteiger charge is -2.29. The van der Waals surface area contributed by atoms with Gasteiger partial charge < -0.3 is 9.47 Å². The molecule has 15 rings (SSSR count). The number of benzene rings is 13. The second-order valence-electron chi connectivity index (χ2n) is 19.6. The SMILES string of the molecule is c1ccc(-c2cc(-c3ccc4c(ccc5ccccc54)c3)ccc2N(c2ccc(-c3cccc(-n4c5ccccc5c5ccccc54)c3)cc2)c2ccc(-c3cccc4c3sc3c5ccccc5ccc43)cc2)cc1. The second-order valence-corrected chi connectivity index (χ2v) is 20.6. The standard InChI is InChI=1S/C72H46N2S/c1-2-14-48(15-3-1)67-46-54(53-35-41-60-55(44-53)29-28-49-16-4-6-20-59(49)60)36-43-70(67)73(57-39-32-51(33-40-57)62-24-13-25-65-66-42-34-50-17-5-7-21-61(50)72(66)75-71(62)65)56-37-30-47(31-38-56)52-18-12-19-58(45-52)74-68-26-10-8-22-63(68)64-23-9-11-27-69(64)74/h1-46H. The van der Waals surface area contributed by atoms with Crippen LogP contribution in [0, 0.1) is 0 Å². The van der Waals surface area contributed by atoms with E-state index >= 15 is 0 Å². The smallest absolute Gasteiger partial charge is 0.0541 e. The number of thiophene rings is 1. The maximum Gasteiger partial charge on any atom is 0.0541 e. The first-order chi connectivity index (χ1) is 37.2. The van der Waals surface area contributed by atoms with Crippen molar-refractivity contribution in [2.45, 2.75) is 0 Å². The molecule has 2 nitrogen and oxygen atoms in total. The third-order valence-electron chi connectivity index (χ3n) is 15.4. The first kappa shape index (κ1) is 43.1. The zero-order chi connectivity index (χ0) is 49.4. The largest absolute Gasteiger partial charge is 0.310 e. The van der Waals surface area contributed by atoms with Crippen LogP contribution in [0.3, 0.4) is 0 Å². The molecule has 3 heteroatoms. The normalized spacial score (nSPS) is 11.7. The van der Waals surface area contributed by atoms with Gasteiger partial charge in [-0.05, 0) is 138 Å². The van der Waals surface area contributed by atoms with Gasteiger partial charge in [0.2, 0.25) is 0 Å². The van der Waals surface area contributed by atoms with E-state index in [-0.39, 0.29) is 0 Å². The summed E-state index contributed by atoms with van der Waals surface area (Å²) in [4.78, 5) is 2.44. The molecule has 0 fully saturated rings. The van der Waals surface area contributed by atoms with Gasteiger partial charge >= 0.3 is 0 Å². The predicted octanol–water partition coefficient (Wildman–Crippen LogP) is 20.7. The fourth-order valence-corrected chi connectivity index (χ4v) is 13.1. The van der Waals surface area contributed by atoms with E-state index in [4.69, 9.17) is 0 Å². The van der Waals surface area contributed by atoms with E-state index in [1.165, 1.54) is 96.5 Å². The molecule has 0 N–H and O–H groups in total. The van der Waals surface area contributed by atoms with Crippen molar-refractivity contribution in [2.24, 2.45) is 0 Å². The molecule has 350 valence electrons. The highest BCUT2D eigenvalue weighted by atomic mass is 32.1. The number of hydrogen-bond donors (Lipinski definition) is 0. The van der Waals surface area contributed by atoms with Crippen molar-refractivity contribution in [1.82, 2.24) is 4.57 Å². The van der Waals surface area contributed by atoms with Crippen LogP contribution in [0.4, 0.5) is 17.1 Å². The molecule has 0 bridgehead atoms. The first-order valence-electron chi connectivity index (χ1n) is 25.7. The monoisotopic (exact) mass is 970 g/mol. The molecule has 0 saturated carbocycles. The highest BCUT2D eigenvalue weighted by Crippen LogP contribution is 2.46. The van der Waals surface area contributed by atoms with Crippen LogP contribution in [0.1, 0.15) is 0 Å². The average molecular weight is 971 g/mol. The molecule has 0 aliphatic carbocycles. The van der Waals surface area contributed by atoms with Gasteiger partial charge in [0, 0.05) is 53.6 Å². The Morgan fingerprint density at radius 2 is 0.760 bits per heavy atom. The number of rotatable bonds is 8. The molecule has 0 aliphatic rings. The topological polar surface area (TPSA) is 8.17 Å². The molecule has 0 amide bonds. The van der Waals surface area contributed by atoms with Crippen LogP contribution in [0.2, 0.25) is 0 Å². The van der Waals surface area contributed by atoms with E-state index < -0.39 is 0 Å². The van der Waals surface area contributed by atoms with Gasteiger partial charge in [-0.1, -0.05) is 212 Å². The van der Waals surface area contributed by atoms with Crippen LogP contribution in [-0.2, 0) is 0 Å². The molecule has 75 heavy (non-hydrogen) atoms. The van der Waals surface area contributed by atoms with E-state index in [0.29, 0.717) is 0 Å². The summed E-state index contributed by atoms with van der Waals surface area (Å²) in [6.07, 6.45) is 0. The van der Waals surface area contributed by atoms with Gasteiger partial charge in [-0.15, -0.1) is 11.3 Å². The summed E-state index contributed by atoms with van der Waals surface area (Å²) in [6, 6.07) is 103. The van der Waals surface area contributed by atoms with Gasteiger partial charge in [-0.25, -0.2) is 0 Å². The van der Waals surface area contributed by atoms with Gasteiger partial charge in [-0.3, -0.25) is 0 Å². The highest BCUT2D eigenvalue weighted by molar-refractivity contribution is 7.27. The molecule has 2 heterocycles. The van der Waals surface area contributed by atoms with Crippen LogP contribution in [0.5, 0.6) is 0 Å². The van der Waals surface area contributed by atoms with Gasteiger partial charge in [0.15, 0.2) is 0 Å². The zero-order valence-corrected chi connectivity index (χ0v) is 41.7. The third-order valence-corrected chi connectivity index (χ3v) is 16.7. The number of anilines is 3. The molecule has 0 atom stereocenters. The Balaban J connectivity index is 0.867. The van der Waals surface area contributed by atoms with E-state index in [0.717, 1.165) is 45.0 Å². The Morgan fingerprint density at radius 3 is 1.52 bits per heavy atom. The number of aromatic nitrogens is 1. The molecule has 0 unspecified atom stereocenters. The molecule has 0 saturated heterocycles. The lowest BCUT2D eigenvalue weighted by molar-refractivity contribution is 1.18. The summed E-state index contributed by atoms with van der Waals surface area (Å²) in [7, 11) is 0. The number of fused-ring (bicyclic) bond motifs is 11. The molecular formula is C72H46N2S. The number of hydrogen-bond acceptors (Lipinski definition) is 2. The molecule has 13 aromatic carbocycles. The second kappa shape index (κ2) is 17.6. The maximum atomic E-state index is 2.44. The predicted molar refractivity (Wildman–Crippen MR) is 323 cm³/mol. The van der Waals surface area contributed by atoms with Crippen LogP contribution in [-0.4, -0.2) is 4.57 Å². The minimum Gasteiger partial charge on any atom is -0.310 e. The van der Waals surface area contributed by atoms with Crippen molar-refractivity contribution >= 4 is 103 Å². The number of para-hydroxylation sites is 2. The molecule has 0 spiro atoms. The van der Waals surface area contributed by atoms with E-state index in [1.54, 1.807) is 0 Å². The van der Waals surface area contributed by atoms with Gasteiger partial charge in [0.1, 0.15) is 0 Å². The molecule has 15 aromatic rings. The summed E-state index contributed by atoms with van der Waals surface area (Å²) in [5, 5.41) is 12.8. The van der Waals surface area contributed by atoms with E-state index in [1.807, 2.05) is 11.3 Å². The van der Waals surface area contributed by atoms with Crippen LogP contribution >= 0.6 is 11.3 Å². The molecule has 2 aromatic heterocycles. The summed E-state index contributed by atoms with van der Waals surface area (Å²) >= 11 is 1.91.